The molecule has 1 rings (SSSR count). The van der Waals surface area contributed by atoms with Crippen molar-refractivity contribution in [2.75, 3.05) is 19.6 Å². The largest absolute Gasteiger partial charge is 0.343 e. The van der Waals surface area contributed by atoms with Gasteiger partial charge >= 0.3 is 0 Å². The van der Waals surface area contributed by atoms with E-state index in [1.165, 1.54) is 6.42 Å². The Morgan fingerprint density at radius 2 is 2.00 bits per heavy atom. The summed E-state index contributed by atoms with van der Waals surface area (Å²) in [5.74, 6) is 0.916. The average molecular weight is 254 g/mol. The van der Waals surface area contributed by atoms with Gasteiger partial charge in [-0.2, -0.15) is 0 Å². The lowest BCUT2D eigenvalue weighted by molar-refractivity contribution is -0.131. The average Bonchev–Trinajstić information content (AvgIpc) is 2.47. The van der Waals surface area contributed by atoms with Gasteiger partial charge in [0.05, 0.1) is 0 Å². The van der Waals surface area contributed by atoms with Crippen LogP contribution < -0.4 is 5.73 Å². The molecule has 0 bridgehead atoms. The molecule has 3 heteroatoms. The summed E-state index contributed by atoms with van der Waals surface area (Å²) in [5.41, 5.74) is 5.94. The highest BCUT2D eigenvalue weighted by Gasteiger charge is 2.25. The lowest BCUT2D eigenvalue weighted by Gasteiger charge is -2.23. The number of nitrogens with zero attached hydrogens (tertiary/aromatic N) is 1. The number of nitrogens with two attached hydrogens (primary N) is 1. The molecule has 1 fully saturated rings. The minimum Gasteiger partial charge on any atom is -0.343 e. The maximum absolute atomic E-state index is 12.2. The Labute approximate surface area is 112 Å². The summed E-state index contributed by atoms with van der Waals surface area (Å²) < 4.78 is 0. The fourth-order valence-electron chi connectivity index (χ4n) is 2.63. The lowest BCUT2D eigenvalue weighted by Crippen LogP contribution is -2.32. The first-order valence-electron chi connectivity index (χ1n) is 7.42. The second-order valence-corrected chi connectivity index (χ2v) is 6.62. The Kier molecular flexibility index (Phi) is 6.13. The molecule has 0 aliphatic carbocycles. The zero-order valence-corrected chi connectivity index (χ0v) is 12.4. The molecular formula is C15H30N2O. The van der Waals surface area contributed by atoms with Gasteiger partial charge < -0.3 is 10.6 Å². The smallest absolute Gasteiger partial charge is 0.222 e. The number of hydrogen-bond acceptors (Lipinski definition) is 2. The van der Waals surface area contributed by atoms with Gasteiger partial charge in [0.1, 0.15) is 0 Å². The van der Waals surface area contributed by atoms with Crippen LogP contribution in [0.25, 0.3) is 0 Å². The highest BCUT2D eigenvalue weighted by molar-refractivity contribution is 5.76. The molecule has 0 saturated carbocycles. The van der Waals surface area contributed by atoms with Gasteiger partial charge in [-0.25, -0.2) is 0 Å². The van der Waals surface area contributed by atoms with Gasteiger partial charge in [0.15, 0.2) is 0 Å². The lowest BCUT2D eigenvalue weighted by atomic mass is 9.85. The van der Waals surface area contributed by atoms with Gasteiger partial charge in [-0.05, 0) is 50.0 Å². The Morgan fingerprint density at radius 3 is 2.67 bits per heavy atom. The molecule has 1 saturated heterocycles. The minimum absolute atomic E-state index is 0.344. The Hall–Kier alpha value is -0.570. The van der Waals surface area contributed by atoms with E-state index in [4.69, 9.17) is 5.73 Å². The predicted molar refractivity (Wildman–Crippen MR) is 76.3 cm³/mol. The molecule has 0 aromatic carbocycles. The molecule has 1 aliphatic rings. The summed E-state index contributed by atoms with van der Waals surface area (Å²) in [4.78, 5) is 14.2. The molecule has 1 heterocycles. The number of carbonyl (C=O) groups is 1. The van der Waals surface area contributed by atoms with Crippen molar-refractivity contribution in [1.29, 1.82) is 0 Å². The van der Waals surface area contributed by atoms with E-state index in [-0.39, 0.29) is 0 Å². The Bertz CT molecular complexity index is 263. The molecule has 1 unspecified atom stereocenters. The van der Waals surface area contributed by atoms with E-state index in [0.29, 0.717) is 23.7 Å². The molecule has 106 valence electrons. The van der Waals surface area contributed by atoms with Crippen molar-refractivity contribution < 1.29 is 4.79 Å². The summed E-state index contributed by atoms with van der Waals surface area (Å²) >= 11 is 0. The van der Waals surface area contributed by atoms with Crippen LogP contribution in [0.15, 0.2) is 0 Å². The van der Waals surface area contributed by atoms with Crippen LogP contribution in [0.1, 0.15) is 59.3 Å². The standard InChI is InChI=1S/C15H30N2O/c1-13(7-10-16)5-6-14(18)17-11-4-8-15(2,3)9-12-17/h13H,4-12,16H2,1-3H3. The number of carbonyl (C=O) groups excluding carboxylic acids is 1. The van der Waals surface area contributed by atoms with E-state index in [0.717, 1.165) is 45.3 Å². The van der Waals surface area contributed by atoms with Crippen molar-refractivity contribution in [2.45, 2.75) is 59.3 Å². The van der Waals surface area contributed by atoms with Gasteiger partial charge in [0.25, 0.3) is 0 Å². The maximum atomic E-state index is 12.2. The third-order valence-corrected chi connectivity index (χ3v) is 4.20. The number of rotatable bonds is 5. The van der Waals surface area contributed by atoms with Crippen molar-refractivity contribution in [3.63, 3.8) is 0 Å². The first-order valence-corrected chi connectivity index (χ1v) is 7.42. The molecule has 1 amide bonds. The van der Waals surface area contributed by atoms with Crippen LogP contribution in [0.3, 0.4) is 0 Å². The van der Waals surface area contributed by atoms with Crippen molar-refractivity contribution in [2.24, 2.45) is 17.1 Å². The molecule has 0 radical (unpaired) electrons. The molecule has 1 atom stereocenters. The highest BCUT2D eigenvalue weighted by atomic mass is 16.2. The van der Waals surface area contributed by atoms with Gasteiger partial charge in [0, 0.05) is 19.5 Å². The molecule has 0 aromatic rings. The summed E-state index contributed by atoms with van der Waals surface area (Å²) in [5, 5.41) is 0. The summed E-state index contributed by atoms with van der Waals surface area (Å²) in [6.45, 7) is 9.43. The van der Waals surface area contributed by atoms with Crippen LogP contribution in [0.5, 0.6) is 0 Å². The summed E-state index contributed by atoms with van der Waals surface area (Å²) in [6.07, 6.45) is 6.23. The van der Waals surface area contributed by atoms with Crippen molar-refractivity contribution >= 4 is 5.91 Å². The molecule has 18 heavy (non-hydrogen) atoms. The van der Waals surface area contributed by atoms with Gasteiger partial charge in [0.2, 0.25) is 5.91 Å². The van der Waals surface area contributed by atoms with E-state index in [9.17, 15) is 4.79 Å². The van der Waals surface area contributed by atoms with Crippen LogP contribution in [0, 0.1) is 11.3 Å². The van der Waals surface area contributed by atoms with Gasteiger partial charge in [-0.1, -0.05) is 20.8 Å². The number of likely N-dealkylation sites (tertiary alicyclic amines) is 1. The van der Waals surface area contributed by atoms with Crippen LogP contribution in [-0.2, 0) is 4.79 Å². The second kappa shape index (κ2) is 7.13. The van der Waals surface area contributed by atoms with Crippen LogP contribution >= 0.6 is 0 Å². The Morgan fingerprint density at radius 1 is 1.28 bits per heavy atom. The molecule has 1 aliphatic heterocycles. The van der Waals surface area contributed by atoms with Crippen molar-refractivity contribution in [1.82, 2.24) is 4.90 Å². The molecule has 0 spiro atoms. The van der Waals surface area contributed by atoms with Gasteiger partial charge in [-0.15, -0.1) is 0 Å². The van der Waals surface area contributed by atoms with E-state index >= 15 is 0 Å². The zero-order valence-electron chi connectivity index (χ0n) is 12.4. The van der Waals surface area contributed by atoms with E-state index in [1.54, 1.807) is 0 Å². The van der Waals surface area contributed by atoms with Crippen LogP contribution in [0.2, 0.25) is 0 Å². The Balaban J connectivity index is 2.33. The second-order valence-electron chi connectivity index (χ2n) is 6.62. The maximum Gasteiger partial charge on any atom is 0.222 e. The summed E-state index contributed by atoms with van der Waals surface area (Å²) in [7, 11) is 0. The normalized spacial score (nSPS) is 21.4. The van der Waals surface area contributed by atoms with E-state index < -0.39 is 0 Å². The SMILES string of the molecule is CC(CCN)CCC(=O)N1CCCC(C)(C)CC1. The van der Waals surface area contributed by atoms with E-state index in [1.807, 2.05) is 0 Å². The van der Waals surface area contributed by atoms with Gasteiger partial charge in [-0.3, -0.25) is 4.79 Å². The first kappa shape index (κ1) is 15.5. The fourth-order valence-corrected chi connectivity index (χ4v) is 2.63. The van der Waals surface area contributed by atoms with Crippen LogP contribution in [0.4, 0.5) is 0 Å². The quantitative estimate of drug-likeness (QED) is 0.820. The minimum atomic E-state index is 0.344. The third-order valence-electron chi connectivity index (χ3n) is 4.20. The van der Waals surface area contributed by atoms with Crippen molar-refractivity contribution in [3.8, 4) is 0 Å². The molecule has 0 aromatic heterocycles. The highest BCUT2D eigenvalue weighted by Crippen LogP contribution is 2.30. The molecular weight excluding hydrogens is 224 g/mol. The van der Waals surface area contributed by atoms with Crippen molar-refractivity contribution in [3.05, 3.63) is 0 Å². The number of amides is 1. The topological polar surface area (TPSA) is 46.3 Å². The van der Waals surface area contributed by atoms with Crippen LogP contribution in [-0.4, -0.2) is 30.4 Å². The zero-order chi connectivity index (χ0) is 13.6. The number of hydrogen-bond donors (Lipinski definition) is 1. The third kappa shape index (κ3) is 5.38. The predicted octanol–water partition coefficient (Wildman–Crippen LogP) is 2.79. The summed E-state index contributed by atoms with van der Waals surface area (Å²) in [6, 6.07) is 0. The monoisotopic (exact) mass is 254 g/mol. The molecule has 2 N–H and O–H groups in total. The van der Waals surface area contributed by atoms with E-state index in [2.05, 4.69) is 25.7 Å². The first-order chi connectivity index (χ1) is 8.44. The molecule has 3 nitrogen and oxygen atoms in total. The fraction of sp³-hybridized carbons (Fsp3) is 0.933.